The third-order valence-corrected chi connectivity index (χ3v) is 8.10. The number of hydrogen-bond donors (Lipinski definition) is 7. The number of anilines is 2. The fourth-order valence-corrected chi connectivity index (χ4v) is 5.08. The number of carbonyl (C=O) groups excluding carboxylic acids is 6. The summed E-state index contributed by atoms with van der Waals surface area (Å²) >= 11 is 0. The minimum absolute atomic E-state index is 0.0543. The van der Waals surface area contributed by atoms with Crippen molar-refractivity contribution in [2.45, 2.75) is 63.9 Å². The first-order valence-corrected chi connectivity index (χ1v) is 18.2. The number of ether oxygens (including phenoxy) is 3. The molecule has 0 aromatic heterocycles. The van der Waals surface area contributed by atoms with Gasteiger partial charge in [0.1, 0.15) is 37.9 Å². The first-order valence-electron chi connectivity index (χ1n) is 18.2. The summed E-state index contributed by atoms with van der Waals surface area (Å²) in [6, 6.07) is 18.9. The first kappa shape index (κ1) is 44.7. The van der Waals surface area contributed by atoms with Crippen LogP contribution in [0.5, 0.6) is 0 Å². The Kier molecular flexibility index (Phi) is 19.4. The number of rotatable bonds is 22. The third-order valence-electron chi connectivity index (χ3n) is 8.10. The van der Waals surface area contributed by atoms with Crippen LogP contribution >= 0.6 is 0 Å². The van der Waals surface area contributed by atoms with Crippen molar-refractivity contribution in [3.63, 3.8) is 0 Å². The lowest BCUT2D eigenvalue weighted by molar-refractivity contribution is -0.131. The maximum atomic E-state index is 13.9. The summed E-state index contributed by atoms with van der Waals surface area (Å²) in [4.78, 5) is 76.8. The SMILES string of the molecule is C=CCOC(=O)NCCCC[C@H](NC(=O)[C@H](Cc1ccccc1)NC(=O)[C@@H](C)NC(=O)OCC=C)C(=O)Nc1ccc(COC(=O)Nc2ccc(CO)cc2)cc1. The Morgan fingerprint density at radius 3 is 1.86 bits per heavy atom. The van der Waals surface area contributed by atoms with Crippen LogP contribution in [0.2, 0.25) is 0 Å². The monoisotopic (exact) mass is 786 g/mol. The van der Waals surface area contributed by atoms with Crippen LogP contribution in [0.1, 0.15) is 42.9 Å². The van der Waals surface area contributed by atoms with Crippen LogP contribution in [0.4, 0.5) is 25.8 Å². The molecule has 3 rings (SSSR count). The van der Waals surface area contributed by atoms with Gasteiger partial charge in [-0.25, -0.2) is 14.4 Å². The largest absolute Gasteiger partial charge is 0.445 e. The van der Waals surface area contributed by atoms with Crippen molar-refractivity contribution >= 4 is 47.4 Å². The maximum absolute atomic E-state index is 13.9. The molecule has 0 saturated carbocycles. The molecular formula is C41H50N6O10. The van der Waals surface area contributed by atoms with E-state index < -0.39 is 54.1 Å². The Morgan fingerprint density at radius 1 is 0.632 bits per heavy atom. The molecular weight excluding hydrogens is 736 g/mol. The molecule has 0 unspecified atom stereocenters. The lowest BCUT2D eigenvalue weighted by Gasteiger charge is -2.25. The van der Waals surface area contributed by atoms with E-state index in [9.17, 15) is 33.9 Å². The van der Waals surface area contributed by atoms with E-state index in [2.05, 4.69) is 45.1 Å². The second-order valence-electron chi connectivity index (χ2n) is 12.6. The van der Waals surface area contributed by atoms with Gasteiger partial charge in [-0.2, -0.15) is 0 Å². The van der Waals surface area contributed by atoms with Crippen LogP contribution in [0.3, 0.4) is 0 Å². The Balaban J connectivity index is 1.69. The van der Waals surface area contributed by atoms with Crippen molar-refractivity contribution in [1.82, 2.24) is 21.3 Å². The van der Waals surface area contributed by atoms with Gasteiger partial charge in [0.2, 0.25) is 17.7 Å². The van der Waals surface area contributed by atoms with E-state index in [4.69, 9.17) is 14.2 Å². The second kappa shape index (κ2) is 24.7. The minimum atomic E-state index is -1.14. The van der Waals surface area contributed by atoms with E-state index in [1.165, 1.54) is 19.1 Å². The molecule has 0 fully saturated rings. The predicted octanol–water partition coefficient (Wildman–Crippen LogP) is 4.46. The molecule has 16 heteroatoms. The highest BCUT2D eigenvalue weighted by Crippen LogP contribution is 2.15. The molecule has 0 saturated heterocycles. The Labute approximate surface area is 331 Å². The Hall–Kier alpha value is -6.68. The summed E-state index contributed by atoms with van der Waals surface area (Å²) in [5, 5.41) is 25.1. The van der Waals surface area contributed by atoms with Gasteiger partial charge in [-0.3, -0.25) is 19.7 Å². The van der Waals surface area contributed by atoms with Crippen LogP contribution in [0.25, 0.3) is 0 Å². The second-order valence-corrected chi connectivity index (χ2v) is 12.6. The quantitative estimate of drug-likeness (QED) is 0.0430. The van der Waals surface area contributed by atoms with Crippen molar-refractivity contribution in [1.29, 1.82) is 0 Å². The molecule has 3 aromatic carbocycles. The van der Waals surface area contributed by atoms with Crippen molar-refractivity contribution in [2.24, 2.45) is 0 Å². The molecule has 0 aliphatic carbocycles. The van der Waals surface area contributed by atoms with Crippen LogP contribution < -0.4 is 31.9 Å². The summed E-state index contributed by atoms with van der Waals surface area (Å²) in [6.45, 7) is 8.49. The average Bonchev–Trinajstić information content (AvgIpc) is 3.21. The zero-order valence-electron chi connectivity index (χ0n) is 31.8. The van der Waals surface area contributed by atoms with Gasteiger partial charge in [0.05, 0.1) is 6.61 Å². The Bertz CT molecular complexity index is 1790. The standard InChI is InChI=1S/C41H50N6O10/c1-4-23-55-39(52)42-22-10-9-13-34(37(50)44-32-20-16-31(17-21-32)27-57-41(54)45-33-18-14-30(26-48)15-19-33)46-38(51)35(25-29-11-7-6-8-12-29)47-36(49)28(3)43-40(53)56-24-5-2/h4-8,11-12,14-21,28,34-35,48H,1-2,9-10,13,22-27H2,3H3,(H,42,52)(H,43,53)(H,44,50)(H,45,54)(H,46,51)(H,47,49)/t28-,34+,35+/m1/s1. The highest BCUT2D eigenvalue weighted by atomic mass is 16.6. The van der Waals surface area contributed by atoms with Gasteiger partial charge in [0.15, 0.2) is 0 Å². The fourth-order valence-electron chi connectivity index (χ4n) is 5.08. The minimum Gasteiger partial charge on any atom is -0.445 e. The topological polar surface area (TPSA) is 223 Å². The number of amides is 6. The maximum Gasteiger partial charge on any atom is 0.411 e. The van der Waals surface area contributed by atoms with E-state index in [0.29, 0.717) is 35.3 Å². The van der Waals surface area contributed by atoms with Crippen LogP contribution in [0, 0.1) is 0 Å². The molecule has 16 nitrogen and oxygen atoms in total. The summed E-state index contributed by atoms with van der Waals surface area (Å²) in [6.07, 6.45) is 1.80. The molecule has 3 aromatic rings. The number of aliphatic hydroxyl groups excluding tert-OH is 1. The lowest BCUT2D eigenvalue weighted by atomic mass is 10.0. The number of unbranched alkanes of at least 4 members (excludes halogenated alkanes) is 1. The number of alkyl carbamates (subject to hydrolysis) is 2. The van der Waals surface area contributed by atoms with Crippen molar-refractivity contribution in [3.8, 4) is 0 Å². The van der Waals surface area contributed by atoms with Crippen LogP contribution in [-0.4, -0.2) is 79.0 Å². The van der Waals surface area contributed by atoms with Gasteiger partial charge in [-0.15, -0.1) is 0 Å². The molecule has 0 radical (unpaired) electrons. The number of aliphatic hydroxyl groups is 1. The molecule has 3 atom stereocenters. The molecule has 0 bridgehead atoms. The van der Waals surface area contributed by atoms with E-state index in [0.717, 1.165) is 5.56 Å². The molecule has 304 valence electrons. The number of hydrogen-bond acceptors (Lipinski definition) is 10. The number of nitrogens with one attached hydrogen (secondary N) is 6. The molecule has 0 aliphatic rings. The zero-order chi connectivity index (χ0) is 41.4. The number of carbonyl (C=O) groups is 6. The Morgan fingerprint density at radius 2 is 1.23 bits per heavy atom. The van der Waals surface area contributed by atoms with Gasteiger partial charge >= 0.3 is 18.3 Å². The summed E-state index contributed by atoms with van der Waals surface area (Å²) < 4.78 is 15.1. The third kappa shape index (κ3) is 17.1. The van der Waals surface area contributed by atoms with Crippen molar-refractivity contribution in [3.05, 3.63) is 121 Å². The summed E-state index contributed by atoms with van der Waals surface area (Å²) in [5.41, 5.74) is 2.98. The van der Waals surface area contributed by atoms with E-state index >= 15 is 0 Å². The fraction of sp³-hybridized carbons (Fsp3) is 0.317. The van der Waals surface area contributed by atoms with Gasteiger partial charge in [-0.05, 0) is 67.1 Å². The highest BCUT2D eigenvalue weighted by molar-refractivity contribution is 5.99. The number of benzene rings is 3. The zero-order valence-corrected chi connectivity index (χ0v) is 31.8. The van der Waals surface area contributed by atoms with E-state index in [-0.39, 0.29) is 45.8 Å². The summed E-state index contributed by atoms with van der Waals surface area (Å²) in [5.74, 6) is -1.84. The average molecular weight is 787 g/mol. The lowest BCUT2D eigenvalue weighted by Crippen LogP contribution is -2.56. The van der Waals surface area contributed by atoms with Crippen molar-refractivity contribution in [2.75, 3.05) is 30.4 Å². The first-order chi connectivity index (χ1) is 27.5. The smallest absolute Gasteiger partial charge is 0.411 e. The van der Waals surface area contributed by atoms with Crippen LogP contribution in [-0.2, 0) is 48.2 Å². The van der Waals surface area contributed by atoms with Crippen LogP contribution in [0.15, 0.2) is 104 Å². The molecule has 57 heavy (non-hydrogen) atoms. The predicted molar refractivity (Wildman–Crippen MR) is 213 cm³/mol. The van der Waals surface area contributed by atoms with Crippen molar-refractivity contribution < 1.29 is 48.1 Å². The van der Waals surface area contributed by atoms with E-state index in [1.807, 2.05) is 6.07 Å². The highest BCUT2D eigenvalue weighted by Gasteiger charge is 2.29. The molecule has 0 spiro atoms. The summed E-state index contributed by atoms with van der Waals surface area (Å²) in [7, 11) is 0. The normalized spacial score (nSPS) is 12.0. The molecule has 7 N–H and O–H groups in total. The van der Waals surface area contributed by atoms with E-state index in [1.54, 1.807) is 72.8 Å². The van der Waals surface area contributed by atoms with Gasteiger partial charge in [0.25, 0.3) is 0 Å². The van der Waals surface area contributed by atoms with Gasteiger partial charge in [-0.1, -0.05) is 79.9 Å². The molecule has 0 aliphatic heterocycles. The molecule has 6 amide bonds. The van der Waals surface area contributed by atoms with Gasteiger partial charge in [0, 0.05) is 24.3 Å². The molecule has 0 heterocycles. The van der Waals surface area contributed by atoms with Gasteiger partial charge < -0.3 is 45.9 Å².